The van der Waals surface area contributed by atoms with Gasteiger partial charge in [-0.15, -0.1) is 0 Å². The van der Waals surface area contributed by atoms with Gasteiger partial charge in [-0.05, 0) is 39.9 Å². The number of nitrogens with one attached hydrogen (secondary N) is 1. The van der Waals surface area contributed by atoms with E-state index in [2.05, 4.69) is 40.3 Å². The number of fused-ring (bicyclic) bond motifs is 1. The van der Waals surface area contributed by atoms with Gasteiger partial charge in [0, 0.05) is 6.04 Å². The summed E-state index contributed by atoms with van der Waals surface area (Å²) in [5.74, 6) is 0. The molecular formula is C14H15NOS. The number of rotatable bonds is 2. The molecule has 0 radical (unpaired) electrons. The predicted octanol–water partition coefficient (Wildman–Crippen LogP) is 2.67. The first-order valence-corrected chi connectivity index (χ1v) is 6.79. The van der Waals surface area contributed by atoms with Crippen molar-refractivity contribution in [1.29, 1.82) is 0 Å². The Balaban J connectivity index is 1.95. The van der Waals surface area contributed by atoms with Crippen molar-refractivity contribution in [1.82, 2.24) is 5.32 Å². The van der Waals surface area contributed by atoms with Gasteiger partial charge in [0.05, 0.1) is 12.6 Å². The summed E-state index contributed by atoms with van der Waals surface area (Å²) in [5.41, 5.74) is 3.91. The van der Waals surface area contributed by atoms with E-state index in [0.29, 0.717) is 6.04 Å². The Hall–Kier alpha value is -1.16. The van der Waals surface area contributed by atoms with Crippen molar-refractivity contribution in [3.05, 3.63) is 57.8 Å². The van der Waals surface area contributed by atoms with Gasteiger partial charge in [-0.2, -0.15) is 11.3 Å². The molecule has 3 heteroatoms. The molecule has 88 valence electrons. The lowest BCUT2D eigenvalue weighted by atomic mass is 9.88. The van der Waals surface area contributed by atoms with Crippen LogP contribution in [0.4, 0.5) is 0 Å². The summed E-state index contributed by atoms with van der Waals surface area (Å²) in [6.07, 6.45) is 1.00. The first-order chi connectivity index (χ1) is 8.38. The standard InChI is InChI=1S/C14H15NOS/c16-8-14-12-4-2-1-3-10(12)7-13(15-14)11-5-6-17-9-11/h1-6,9,13-16H,7-8H2/t13-,14-/m1/s1. The van der Waals surface area contributed by atoms with E-state index in [-0.39, 0.29) is 12.6 Å². The molecule has 3 rings (SSSR count). The molecule has 1 aliphatic rings. The molecule has 0 saturated heterocycles. The van der Waals surface area contributed by atoms with Crippen LogP contribution in [-0.2, 0) is 6.42 Å². The fourth-order valence-electron chi connectivity index (χ4n) is 2.51. The van der Waals surface area contributed by atoms with Gasteiger partial charge >= 0.3 is 0 Å². The Morgan fingerprint density at radius 3 is 2.94 bits per heavy atom. The lowest BCUT2D eigenvalue weighted by molar-refractivity contribution is 0.225. The largest absolute Gasteiger partial charge is 0.394 e. The topological polar surface area (TPSA) is 32.3 Å². The number of thiophene rings is 1. The summed E-state index contributed by atoms with van der Waals surface area (Å²) >= 11 is 1.72. The zero-order valence-electron chi connectivity index (χ0n) is 9.47. The molecule has 2 aromatic rings. The van der Waals surface area contributed by atoms with E-state index < -0.39 is 0 Å². The Kier molecular flexibility index (Phi) is 2.97. The summed E-state index contributed by atoms with van der Waals surface area (Å²) in [4.78, 5) is 0. The van der Waals surface area contributed by atoms with Crippen molar-refractivity contribution in [2.45, 2.75) is 18.5 Å². The number of hydrogen-bond donors (Lipinski definition) is 2. The highest BCUT2D eigenvalue weighted by molar-refractivity contribution is 7.07. The van der Waals surface area contributed by atoms with Crippen LogP contribution < -0.4 is 5.32 Å². The van der Waals surface area contributed by atoms with Gasteiger partial charge in [-0.1, -0.05) is 24.3 Å². The average Bonchev–Trinajstić information content (AvgIpc) is 2.91. The Labute approximate surface area is 105 Å². The molecule has 1 aromatic carbocycles. The molecule has 17 heavy (non-hydrogen) atoms. The minimum absolute atomic E-state index is 0.0600. The summed E-state index contributed by atoms with van der Waals surface area (Å²) < 4.78 is 0. The summed E-state index contributed by atoms with van der Waals surface area (Å²) in [6, 6.07) is 10.9. The van der Waals surface area contributed by atoms with E-state index in [1.807, 2.05) is 6.07 Å². The number of hydrogen-bond acceptors (Lipinski definition) is 3. The lowest BCUT2D eigenvalue weighted by Crippen LogP contribution is -2.35. The first-order valence-electron chi connectivity index (χ1n) is 5.85. The maximum atomic E-state index is 9.49. The SMILES string of the molecule is OC[C@H]1N[C@@H](c2ccsc2)Cc2ccccc21. The second kappa shape index (κ2) is 4.61. The van der Waals surface area contributed by atoms with Crippen LogP contribution in [0.2, 0.25) is 0 Å². The number of aliphatic hydroxyl groups excluding tert-OH is 1. The van der Waals surface area contributed by atoms with Crippen LogP contribution in [0.3, 0.4) is 0 Å². The molecule has 0 aliphatic carbocycles. The van der Waals surface area contributed by atoms with Gasteiger partial charge < -0.3 is 10.4 Å². The van der Waals surface area contributed by atoms with E-state index in [4.69, 9.17) is 0 Å². The van der Waals surface area contributed by atoms with Gasteiger partial charge in [0.1, 0.15) is 0 Å². The van der Waals surface area contributed by atoms with Crippen LogP contribution in [0.25, 0.3) is 0 Å². The van der Waals surface area contributed by atoms with E-state index in [1.165, 1.54) is 16.7 Å². The van der Waals surface area contributed by atoms with Crippen LogP contribution in [-0.4, -0.2) is 11.7 Å². The van der Waals surface area contributed by atoms with Crippen molar-refractivity contribution >= 4 is 11.3 Å². The highest BCUT2D eigenvalue weighted by Gasteiger charge is 2.26. The van der Waals surface area contributed by atoms with Crippen molar-refractivity contribution in [2.24, 2.45) is 0 Å². The number of benzene rings is 1. The molecule has 2 nitrogen and oxygen atoms in total. The summed E-state index contributed by atoms with van der Waals surface area (Å²) in [6.45, 7) is 0.150. The smallest absolute Gasteiger partial charge is 0.0626 e. The van der Waals surface area contributed by atoms with Crippen molar-refractivity contribution in [3.8, 4) is 0 Å². The quantitative estimate of drug-likeness (QED) is 0.852. The predicted molar refractivity (Wildman–Crippen MR) is 70.2 cm³/mol. The number of aliphatic hydroxyl groups is 1. The molecule has 0 spiro atoms. The Morgan fingerprint density at radius 2 is 2.18 bits per heavy atom. The van der Waals surface area contributed by atoms with Gasteiger partial charge in [0.15, 0.2) is 0 Å². The zero-order valence-corrected chi connectivity index (χ0v) is 10.3. The average molecular weight is 245 g/mol. The molecule has 2 heterocycles. The monoisotopic (exact) mass is 245 g/mol. The van der Waals surface area contributed by atoms with Gasteiger partial charge in [-0.25, -0.2) is 0 Å². The van der Waals surface area contributed by atoms with E-state index in [1.54, 1.807) is 11.3 Å². The zero-order chi connectivity index (χ0) is 11.7. The Morgan fingerprint density at radius 1 is 1.29 bits per heavy atom. The molecule has 0 bridgehead atoms. The van der Waals surface area contributed by atoms with Gasteiger partial charge in [0.25, 0.3) is 0 Å². The second-order valence-corrected chi connectivity index (χ2v) is 5.19. The highest BCUT2D eigenvalue weighted by atomic mass is 32.1. The molecule has 0 saturated carbocycles. The molecule has 0 unspecified atom stereocenters. The second-order valence-electron chi connectivity index (χ2n) is 4.41. The van der Waals surface area contributed by atoms with E-state index >= 15 is 0 Å². The minimum atomic E-state index is 0.0600. The van der Waals surface area contributed by atoms with Crippen molar-refractivity contribution in [3.63, 3.8) is 0 Å². The van der Waals surface area contributed by atoms with Crippen LogP contribution in [0, 0.1) is 0 Å². The lowest BCUT2D eigenvalue weighted by Gasteiger charge is -2.32. The molecular weight excluding hydrogens is 230 g/mol. The van der Waals surface area contributed by atoms with E-state index in [9.17, 15) is 5.11 Å². The molecule has 0 fully saturated rings. The normalized spacial score (nSPS) is 23.4. The summed E-state index contributed by atoms with van der Waals surface area (Å²) in [7, 11) is 0. The third kappa shape index (κ3) is 2.02. The van der Waals surface area contributed by atoms with Crippen LogP contribution in [0.5, 0.6) is 0 Å². The van der Waals surface area contributed by atoms with Gasteiger partial charge in [-0.3, -0.25) is 0 Å². The third-order valence-electron chi connectivity index (χ3n) is 3.39. The molecule has 0 amide bonds. The van der Waals surface area contributed by atoms with E-state index in [0.717, 1.165) is 6.42 Å². The maximum Gasteiger partial charge on any atom is 0.0626 e. The highest BCUT2D eigenvalue weighted by Crippen LogP contribution is 2.32. The molecule has 2 N–H and O–H groups in total. The van der Waals surface area contributed by atoms with Gasteiger partial charge in [0.2, 0.25) is 0 Å². The molecule has 1 aliphatic heterocycles. The summed E-state index contributed by atoms with van der Waals surface area (Å²) in [5, 5.41) is 17.3. The molecule has 1 aromatic heterocycles. The first kappa shape index (κ1) is 11.0. The van der Waals surface area contributed by atoms with Crippen molar-refractivity contribution in [2.75, 3.05) is 6.61 Å². The Bertz CT molecular complexity index is 495. The minimum Gasteiger partial charge on any atom is -0.394 e. The van der Waals surface area contributed by atoms with Crippen LogP contribution in [0.15, 0.2) is 41.1 Å². The van der Waals surface area contributed by atoms with Crippen LogP contribution in [0.1, 0.15) is 28.8 Å². The third-order valence-corrected chi connectivity index (χ3v) is 4.09. The maximum absolute atomic E-state index is 9.49. The van der Waals surface area contributed by atoms with Crippen molar-refractivity contribution < 1.29 is 5.11 Å². The fourth-order valence-corrected chi connectivity index (χ4v) is 3.22. The molecule has 2 atom stereocenters. The van der Waals surface area contributed by atoms with Crippen LogP contribution >= 0.6 is 11.3 Å². The fraction of sp³-hybridized carbons (Fsp3) is 0.286.